The number of rotatable bonds is 4. The summed E-state index contributed by atoms with van der Waals surface area (Å²) in [6, 6.07) is 34.6. The average molecular weight is 473 g/mol. The first-order valence-electron chi connectivity index (χ1n) is 12.1. The summed E-state index contributed by atoms with van der Waals surface area (Å²) in [5, 5.41) is 4.32. The number of esters is 2. The molecule has 0 heterocycles. The van der Waals surface area contributed by atoms with Gasteiger partial charge >= 0.3 is 11.9 Å². The summed E-state index contributed by atoms with van der Waals surface area (Å²) in [5.41, 5.74) is 2.96. The summed E-state index contributed by atoms with van der Waals surface area (Å²) in [6.45, 7) is 0. The first-order valence-corrected chi connectivity index (χ1v) is 12.1. The molecule has 0 saturated carbocycles. The minimum atomic E-state index is -0.723. The van der Waals surface area contributed by atoms with Crippen LogP contribution in [0.5, 0.6) is 0 Å². The molecule has 2 atom stereocenters. The van der Waals surface area contributed by atoms with Crippen LogP contribution in [0.2, 0.25) is 0 Å². The van der Waals surface area contributed by atoms with E-state index in [4.69, 9.17) is 9.47 Å². The first-order chi connectivity index (χ1) is 17.7. The summed E-state index contributed by atoms with van der Waals surface area (Å²) in [4.78, 5) is 26.2. The van der Waals surface area contributed by atoms with Gasteiger partial charge in [-0.3, -0.25) is 0 Å². The Morgan fingerprint density at radius 2 is 1.19 bits per heavy atom. The largest absolute Gasteiger partial charge is 0.454 e. The first kappa shape index (κ1) is 22.1. The molecule has 0 spiro atoms. The Hall–Kier alpha value is -4.44. The third-order valence-corrected chi connectivity index (χ3v) is 6.85. The topological polar surface area (TPSA) is 52.6 Å². The molecule has 0 amide bonds. The van der Waals surface area contributed by atoms with Crippen molar-refractivity contribution in [3.63, 3.8) is 0 Å². The molecule has 4 nitrogen and oxygen atoms in total. The lowest BCUT2D eigenvalue weighted by molar-refractivity contribution is -0.0432. The molecular weight excluding hydrogens is 448 g/mol. The highest BCUT2D eigenvalue weighted by molar-refractivity contribution is 6.00. The van der Waals surface area contributed by atoms with E-state index in [2.05, 4.69) is 36.4 Å². The van der Waals surface area contributed by atoms with E-state index in [-0.39, 0.29) is 0 Å². The third kappa shape index (κ3) is 4.11. The molecule has 0 N–H and O–H groups in total. The van der Waals surface area contributed by atoms with E-state index >= 15 is 0 Å². The van der Waals surface area contributed by atoms with Crippen molar-refractivity contribution >= 4 is 33.5 Å². The molecule has 6 rings (SSSR count). The number of hydrogen-bond donors (Lipinski definition) is 0. The Bertz CT molecular complexity index is 1570. The summed E-state index contributed by atoms with van der Waals surface area (Å²) in [6.07, 6.45) is -0.0318. The molecular formula is C32H24O4. The standard InChI is InChI=1S/C32H24O4/c33-31(22-9-3-1-4-10-22)35-28-18-17-21-15-16-26-19-24-13-7-8-14-25(24)20-27(26)29(21)30(28)36-32(34)23-11-5-2-6-12-23/h1-16,19-20,28,30H,17-18H2. The van der Waals surface area contributed by atoms with Crippen molar-refractivity contribution in [2.24, 2.45) is 0 Å². The lowest BCUT2D eigenvalue weighted by Gasteiger charge is -2.34. The van der Waals surface area contributed by atoms with Crippen molar-refractivity contribution in [2.75, 3.05) is 0 Å². The highest BCUT2D eigenvalue weighted by Gasteiger charge is 2.37. The third-order valence-electron chi connectivity index (χ3n) is 6.85. The van der Waals surface area contributed by atoms with Crippen LogP contribution in [-0.4, -0.2) is 18.0 Å². The zero-order valence-electron chi connectivity index (χ0n) is 19.6. The van der Waals surface area contributed by atoms with Gasteiger partial charge < -0.3 is 9.47 Å². The van der Waals surface area contributed by atoms with E-state index in [0.29, 0.717) is 17.5 Å². The fraction of sp³-hybridized carbons (Fsp3) is 0.125. The fourth-order valence-corrected chi connectivity index (χ4v) is 5.06. The van der Waals surface area contributed by atoms with Crippen LogP contribution in [-0.2, 0) is 15.9 Å². The van der Waals surface area contributed by atoms with Crippen molar-refractivity contribution in [1.82, 2.24) is 0 Å². The minimum Gasteiger partial charge on any atom is -0.454 e. The predicted molar refractivity (Wildman–Crippen MR) is 140 cm³/mol. The molecule has 176 valence electrons. The van der Waals surface area contributed by atoms with Crippen LogP contribution in [0, 0.1) is 0 Å². The Balaban J connectivity index is 1.46. The van der Waals surface area contributed by atoms with Gasteiger partial charge in [0.25, 0.3) is 0 Å². The van der Waals surface area contributed by atoms with Crippen molar-refractivity contribution in [2.45, 2.75) is 25.0 Å². The van der Waals surface area contributed by atoms with Crippen LogP contribution >= 0.6 is 0 Å². The summed E-state index contributed by atoms with van der Waals surface area (Å²) < 4.78 is 12.2. The van der Waals surface area contributed by atoms with Gasteiger partial charge in [0.1, 0.15) is 6.10 Å². The molecule has 2 unspecified atom stereocenters. The highest BCUT2D eigenvalue weighted by Crippen LogP contribution is 2.41. The van der Waals surface area contributed by atoms with Gasteiger partial charge in [0, 0.05) is 5.56 Å². The molecule has 5 aromatic carbocycles. The number of aryl methyl sites for hydroxylation is 1. The van der Waals surface area contributed by atoms with Crippen molar-refractivity contribution in [3.05, 3.63) is 131 Å². The molecule has 4 heteroatoms. The van der Waals surface area contributed by atoms with Crippen LogP contribution in [0.25, 0.3) is 21.5 Å². The van der Waals surface area contributed by atoms with Gasteiger partial charge in [-0.05, 0) is 76.3 Å². The van der Waals surface area contributed by atoms with E-state index in [1.54, 1.807) is 48.5 Å². The van der Waals surface area contributed by atoms with Gasteiger partial charge in [0.15, 0.2) is 6.10 Å². The molecule has 1 aliphatic rings. The number of hydrogen-bond acceptors (Lipinski definition) is 4. The smallest absolute Gasteiger partial charge is 0.338 e. The molecule has 1 aliphatic carbocycles. The van der Waals surface area contributed by atoms with Crippen LogP contribution < -0.4 is 0 Å². The molecule has 0 fully saturated rings. The maximum atomic E-state index is 13.2. The molecule has 0 aromatic heterocycles. The van der Waals surface area contributed by atoms with Gasteiger partial charge in [-0.2, -0.15) is 0 Å². The van der Waals surface area contributed by atoms with Crippen LogP contribution in [0.1, 0.15) is 44.4 Å². The number of ether oxygens (including phenoxy) is 2. The van der Waals surface area contributed by atoms with Crippen LogP contribution in [0.15, 0.2) is 109 Å². The predicted octanol–water partition coefficient (Wildman–Crippen LogP) is 7.06. The normalized spacial score (nSPS) is 16.9. The minimum absolute atomic E-state index is 0.421. The Labute approximate surface area is 209 Å². The van der Waals surface area contributed by atoms with Gasteiger partial charge in [0.05, 0.1) is 11.1 Å². The highest BCUT2D eigenvalue weighted by atomic mass is 16.6. The maximum absolute atomic E-state index is 13.2. The number of carbonyl (C=O) groups is 2. The second-order valence-corrected chi connectivity index (χ2v) is 9.10. The lowest BCUT2D eigenvalue weighted by Crippen LogP contribution is -2.33. The number of carbonyl (C=O) groups excluding carboxylic acids is 2. The van der Waals surface area contributed by atoms with E-state index in [0.717, 1.165) is 39.1 Å². The zero-order chi connectivity index (χ0) is 24.5. The van der Waals surface area contributed by atoms with Crippen LogP contribution in [0.4, 0.5) is 0 Å². The molecule has 0 aliphatic heterocycles. The Morgan fingerprint density at radius 1 is 0.611 bits per heavy atom. The zero-order valence-corrected chi connectivity index (χ0v) is 19.6. The molecule has 0 saturated heterocycles. The van der Waals surface area contributed by atoms with Gasteiger partial charge in [-0.1, -0.05) is 72.8 Å². The number of benzene rings is 5. The second-order valence-electron chi connectivity index (χ2n) is 9.10. The lowest BCUT2D eigenvalue weighted by atomic mass is 9.83. The van der Waals surface area contributed by atoms with Crippen molar-refractivity contribution < 1.29 is 19.1 Å². The maximum Gasteiger partial charge on any atom is 0.338 e. The van der Waals surface area contributed by atoms with Crippen molar-refractivity contribution in [1.29, 1.82) is 0 Å². The second kappa shape index (κ2) is 9.31. The summed E-state index contributed by atoms with van der Waals surface area (Å²) in [7, 11) is 0. The van der Waals surface area contributed by atoms with Gasteiger partial charge in [0.2, 0.25) is 0 Å². The quantitative estimate of drug-likeness (QED) is 0.207. The molecule has 5 aromatic rings. The SMILES string of the molecule is O=C(OC1CCc2ccc3cc4ccccc4cc3c2C1OC(=O)c1ccccc1)c1ccccc1. The molecule has 36 heavy (non-hydrogen) atoms. The Morgan fingerprint density at radius 3 is 1.86 bits per heavy atom. The van der Waals surface area contributed by atoms with E-state index in [9.17, 15) is 9.59 Å². The Kier molecular flexibility index (Phi) is 5.70. The summed E-state index contributed by atoms with van der Waals surface area (Å²) >= 11 is 0. The molecule has 0 radical (unpaired) electrons. The van der Waals surface area contributed by atoms with E-state index in [1.165, 1.54) is 0 Å². The molecule has 0 bridgehead atoms. The fourth-order valence-electron chi connectivity index (χ4n) is 5.06. The average Bonchev–Trinajstić information content (AvgIpc) is 2.93. The van der Waals surface area contributed by atoms with Gasteiger partial charge in [-0.15, -0.1) is 0 Å². The van der Waals surface area contributed by atoms with Gasteiger partial charge in [-0.25, -0.2) is 9.59 Å². The number of fused-ring (bicyclic) bond motifs is 4. The summed E-state index contributed by atoms with van der Waals surface area (Å²) in [5.74, 6) is -0.859. The monoisotopic (exact) mass is 472 g/mol. The van der Waals surface area contributed by atoms with Crippen molar-refractivity contribution in [3.8, 4) is 0 Å². The van der Waals surface area contributed by atoms with E-state index in [1.807, 2.05) is 24.3 Å². The van der Waals surface area contributed by atoms with Crippen LogP contribution in [0.3, 0.4) is 0 Å². The van der Waals surface area contributed by atoms with E-state index < -0.39 is 24.1 Å².